The Bertz CT molecular complexity index is 517. The molecule has 0 radical (unpaired) electrons. The van der Waals surface area contributed by atoms with Gasteiger partial charge in [0.25, 0.3) is 0 Å². The van der Waals surface area contributed by atoms with Crippen molar-refractivity contribution < 1.29 is 9.21 Å². The van der Waals surface area contributed by atoms with Crippen LogP contribution in [0, 0.1) is 0 Å². The van der Waals surface area contributed by atoms with Crippen molar-refractivity contribution in [1.82, 2.24) is 4.98 Å². The van der Waals surface area contributed by atoms with E-state index in [2.05, 4.69) is 20.9 Å². The highest BCUT2D eigenvalue weighted by atomic mass is 79.9. The fourth-order valence-corrected chi connectivity index (χ4v) is 1.50. The summed E-state index contributed by atoms with van der Waals surface area (Å²) < 4.78 is 5.87. The molecule has 0 saturated heterocycles. The molecule has 0 amide bonds. The lowest BCUT2D eigenvalue weighted by atomic mass is 10.2. The fourth-order valence-electron chi connectivity index (χ4n) is 1.18. The summed E-state index contributed by atoms with van der Waals surface area (Å²) in [7, 11) is 0. The highest BCUT2D eigenvalue weighted by molar-refractivity contribution is 9.10. The largest absolute Gasteiger partial charge is 0.450 e. The van der Waals surface area contributed by atoms with Gasteiger partial charge in [-0.2, -0.15) is 0 Å². The molecule has 0 unspecified atom stereocenters. The molecular formula is C12H8BrNO2. The van der Waals surface area contributed by atoms with E-state index >= 15 is 0 Å². The summed E-state index contributed by atoms with van der Waals surface area (Å²) in [6, 6.07) is 6.99. The second kappa shape index (κ2) is 4.90. The minimum atomic E-state index is -0.0966. The van der Waals surface area contributed by atoms with E-state index < -0.39 is 0 Å². The predicted octanol–water partition coefficient (Wildman–Crippen LogP) is 3.33. The third kappa shape index (κ3) is 2.67. The average molecular weight is 278 g/mol. The Kier molecular flexibility index (Phi) is 3.31. The summed E-state index contributed by atoms with van der Waals surface area (Å²) in [6.07, 6.45) is 6.25. The zero-order valence-electron chi connectivity index (χ0n) is 8.26. The topological polar surface area (TPSA) is 43.1 Å². The first-order chi connectivity index (χ1) is 7.75. The van der Waals surface area contributed by atoms with E-state index in [1.165, 1.54) is 12.3 Å². The molecule has 0 saturated carbocycles. The van der Waals surface area contributed by atoms with Gasteiger partial charge in [0.2, 0.25) is 0 Å². The molecule has 16 heavy (non-hydrogen) atoms. The number of hydrogen-bond donors (Lipinski definition) is 0. The Hall–Kier alpha value is -1.68. The van der Waals surface area contributed by atoms with Crippen molar-refractivity contribution >= 4 is 27.8 Å². The van der Waals surface area contributed by atoms with Gasteiger partial charge >= 0.3 is 0 Å². The van der Waals surface area contributed by atoms with Crippen LogP contribution in [0.25, 0.3) is 6.08 Å². The van der Waals surface area contributed by atoms with Crippen molar-refractivity contribution in [3.8, 4) is 0 Å². The highest BCUT2D eigenvalue weighted by Crippen LogP contribution is 2.15. The second-order valence-corrected chi connectivity index (χ2v) is 3.86. The SMILES string of the molecule is O=C(C=Cc1ccc(Br)o1)c1cccnc1. The molecule has 4 heteroatoms. The molecule has 0 spiro atoms. The first-order valence-electron chi connectivity index (χ1n) is 4.63. The fraction of sp³-hybridized carbons (Fsp3) is 0. The lowest BCUT2D eigenvalue weighted by Crippen LogP contribution is -1.93. The number of halogens is 1. The molecule has 2 aromatic rings. The minimum absolute atomic E-state index is 0.0966. The molecule has 0 aliphatic carbocycles. The van der Waals surface area contributed by atoms with Crippen LogP contribution in [0.15, 0.2) is 51.8 Å². The number of nitrogens with zero attached hydrogens (tertiary/aromatic N) is 1. The maximum Gasteiger partial charge on any atom is 0.187 e. The third-order valence-electron chi connectivity index (χ3n) is 1.94. The van der Waals surface area contributed by atoms with Crippen LogP contribution in [0.4, 0.5) is 0 Å². The summed E-state index contributed by atoms with van der Waals surface area (Å²) in [5.41, 5.74) is 0.560. The molecule has 2 aromatic heterocycles. The molecule has 80 valence electrons. The molecule has 0 atom stereocenters. The van der Waals surface area contributed by atoms with Crippen molar-refractivity contribution in [2.75, 3.05) is 0 Å². The van der Waals surface area contributed by atoms with Gasteiger partial charge in [0.15, 0.2) is 10.5 Å². The third-order valence-corrected chi connectivity index (χ3v) is 2.37. The van der Waals surface area contributed by atoms with Gasteiger partial charge in [-0.3, -0.25) is 9.78 Å². The quantitative estimate of drug-likeness (QED) is 0.638. The Morgan fingerprint density at radius 3 is 2.88 bits per heavy atom. The van der Waals surface area contributed by atoms with Crippen molar-refractivity contribution in [3.05, 3.63) is 58.7 Å². The molecule has 0 fully saturated rings. The first kappa shape index (κ1) is 10.8. The normalized spacial score (nSPS) is 10.8. The Labute approximate surface area is 101 Å². The second-order valence-electron chi connectivity index (χ2n) is 3.08. The first-order valence-corrected chi connectivity index (χ1v) is 5.43. The summed E-state index contributed by atoms with van der Waals surface area (Å²) in [5.74, 6) is 0.532. The number of aromatic nitrogens is 1. The number of allylic oxidation sites excluding steroid dienone is 1. The molecular weight excluding hydrogens is 270 g/mol. The van der Waals surface area contributed by atoms with Gasteiger partial charge in [0.05, 0.1) is 0 Å². The monoisotopic (exact) mass is 277 g/mol. The lowest BCUT2D eigenvalue weighted by Gasteiger charge is -1.92. The Morgan fingerprint density at radius 2 is 2.25 bits per heavy atom. The number of rotatable bonds is 3. The van der Waals surface area contributed by atoms with Crippen LogP contribution in [0.1, 0.15) is 16.1 Å². The summed E-state index contributed by atoms with van der Waals surface area (Å²) in [5, 5.41) is 0. The van der Waals surface area contributed by atoms with Crippen LogP contribution in [-0.2, 0) is 0 Å². The van der Waals surface area contributed by atoms with Gasteiger partial charge in [0, 0.05) is 18.0 Å². The lowest BCUT2D eigenvalue weighted by molar-refractivity contribution is 0.104. The van der Waals surface area contributed by atoms with E-state index in [0.29, 0.717) is 16.0 Å². The van der Waals surface area contributed by atoms with Crippen LogP contribution in [-0.4, -0.2) is 10.8 Å². The van der Waals surface area contributed by atoms with E-state index in [1.54, 1.807) is 36.5 Å². The van der Waals surface area contributed by atoms with E-state index in [1.807, 2.05) is 0 Å². The summed E-state index contributed by atoms with van der Waals surface area (Å²) >= 11 is 3.19. The molecule has 3 nitrogen and oxygen atoms in total. The van der Waals surface area contributed by atoms with Crippen molar-refractivity contribution in [2.45, 2.75) is 0 Å². The number of pyridine rings is 1. The molecule has 0 aromatic carbocycles. The van der Waals surface area contributed by atoms with Gasteiger partial charge < -0.3 is 4.42 Å². The number of furan rings is 1. The predicted molar refractivity (Wildman–Crippen MR) is 64.0 cm³/mol. The maximum atomic E-state index is 11.6. The van der Waals surface area contributed by atoms with Gasteiger partial charge in [-0.05, 0) is 52.3 Å². The van der Waals surface area contributed by atoms with Crippen molar-refractivity contribution in [3.63, 3.8) is 0 Å². The van der Waals surface area contributed by atoms with E-state index in [0.717, 1.165) is 0 Å². The van der Waals surface area contributed by atoms with E-state index in [9.17, 15) is 4.79 Å². The zero-order chi connectivity index (χ0) is 11.4. The van der Waals surface area contributed by atoms with Crippen molar-refractivity contribution in [2.24, 2.45) is 0 Å². The van der Waals surface area contributed by atoms with Crippen LogP contribution in [0.5, 0.6) is 0 Å². The summed E-state index contributed by atoms with van der Waals surface area (Å²) in [6.45, 7) is 0. The molecule has 0 aliphatic rings. The molecule has 2 heterocycles. The van der Waals surface area contributed by atoms with Crippen LogP contribution in [0.3, 0.4) is 0 Å². The van der Waals surface area contributed by atoms with Crippen LogP contribution >= 0.6 is 15.9 Å². The minimum Gasteiger partial charge on any atom is -0.450 e. The number of hydrogen-bond acceptors (Lipinski definition) is 3. The highest BCUT2D eigenvalue weighted by Gasteiger charge is 2.01. The van der Waals surface area contributed by atoms with E-state index in [-0.39, 0.29) is 5.78 Å². The van der Waals surface area contributed by atoms with Crippen molar-refractivity contribution in [1.29, 1.82) is 0 Å². The number of carbonyl (C=O) groups excluding carboxylic acids is 1. The maximum absolute atomic E-state index is 11.6. The van der Waals surface area contributed by atoms with Gasteiger partial charge in [-0.1, -0.05) is 0 Å². The van der Waals surface area contributed by atoms with Gasteiger partial charge in [-0.25, -0.2) is 0 Å². The smallest absolute Gasteiger partial charge is 0.187 e. The molecule has 0 N–H and O–H groups in total. The zero-order valence-corrected chi connectivity index (χ0v) is 9.85. The molecule has 0 bridgehead atoms. The van der Waals surface area contributed by atoms with E-state index in [4.69, 9.17) is 4.42 Å². The number of ketones is 1. The Morgan fingerprint density at radius 1 is 1.38 bits per heavy atom. The summed E-state index contributed by atoms with van der Waals surface area (Å²) in [4.78, 5) is 15.5. The number of carbonyl (C=O) groups is 1. The van der Waals surface area contributed by atoms with Crippen LogP contribution in [0.2, 0.25) is 0 Å². The van der Waals surface area contributed by atoms with Gasteiger partial charge in [-0.15, -0.1) is 0 Å². The molecule has 0 aliphatic heterocycles. The Balaban J connectivity index is 2.11. The standard InChI is InChI=1S/C12H8BrNO2/c13-12-6-4-10(16-12)3-5-11(15)9-2-1-7-14-8-9/h1-8H. The van der Waals surface area contributed by atoms with Crippen LogP contribution < -0.4 is 0 Å². The van der Waals surface area contributed by atoms with Gasteiger partial charge in [0.1, 0.15) is 5.76 Å². The average Bonchev–Trinajstić information content (AvgIpc) is 2.73. The molecule has 2 rings (SSSR count).